The number of Topliss-reactive ketones (excluding diaryl/α,β-unsaturated/α-hetero) is 2. The van der Waals surface area contributed by atoms with Gasteiger partial charge in [-0.3, -0.25) is 19.2 Å². The summed E-state index contributed by atoms with van der Waals surface area (Å²) < 4.78 is 17.0. The van der Waals surface area contributed by atoms with Gasteiger partial charge in [-0.25, -0.2) is 0 Å². The number of carbonyl (C=O) groups excluding carboxylic acids is 2. The Labute approximate surface area is 211 Å². The van der Waals surface area contributed by atoms with Gasteiger partial charge in [0.25, 0.3) is 0 Å². The number of ketones is 2. The first-order valence-electron chi connectivity index (χ1n) is 11.3. The van der Waals surface area contributed by atoms with Crippen molar-refractivity contribution in [3.63, 3.8) is 0 Å². The van der Waals surface area contributed by atoms with Gasteiger partial charge < -0.3 is 24.2 Å². The quantitative estimate of drug-likeness (QED) is 0.284. The lowest BCUT2D eigenvalue weighted by molar-refractivity contribution is 0.100. The second kappa shape index (κ2) is 10.4. The van der Waals surface area contributed by atoms with Gasteiger partial charge in [-0.15, -0.1) is 0 Å². The van der Waals surface area contributed by atoms with Crippen molar-refractivity contribution in [1.29, 1.82) is 0 Å². The lowest BCUT2D eigenvalue weighted by Crippen LogP contribution is -2.15. The molecule has 0 saturated carbocycles. The molecule has 0 radical (unpaired) electrons. The van der Waals surface area contributed by atoms with E-state index in [2.05, 4.69) is 10.6 Å². The minimum Gasteiger partial charge on any atom is -0.457 e. The van der Waals surface area contributed by atoms with Crippen LogP contribution >= 0.6 is 0 Å². The standard InChI is InChI=1S/C28H24N2O7/c1-15-13-23(33)25(17(3)31)27(35-15)29-19-5-9-21(10-6-19)37-22-11-7-20(8-12-22)30-28-26(18(4)32)24(34)14-16(2)36-28/h5-14,29-30H,1-4H3. The van der Waals surface area contributed by atoms with Crippen LogP contribution in [0.25, 0.3) is 0 Å². The molecular formula is C28H24N2O7. The fraction of sp³-hybridized carbons (Fsp3) is 0.143. The van der Waals surface area contributed by atoms with Crippen LogP contribution in [0.4, 0.5) is 23.1 Å². The van der Waals surface area contributed by atoms with E-state index in [1.54, 1.807) is 62.4 Å². The van der Waals surface area contributed by atoms with Crippen molar-refractivity contribution < 1.29 is 23.2 Å². The number of nitrogens with one attached hydrogen (secondary N) is 2. The van der Waals surface area contributed by atoms with E-state index in [1.165, 1.54) is 26.0 Å². The average Bonchev–Trinajstić information content (AvgIpc) is 2.80. The van der Waals surface area contributed by atoms with Gasteiger partial charge in [0.1, 0.15) is 34.1 Å². The molecule has 0 aliphatic heterocycles. The van der Waals surface area contributed by atoms with Crippen molar-refractivity contribution in [2.45, 2.75) is 27.7 Å². The second-order valence-electron chi connectivity index (χ2n) is 8.36. The summed E-state index contributed by atoms with van der Waals surface area (Å²) in [6.45, 7) is 5.88. The lowest BCUT2D eigenvalue weighted by Gasteiger charge is -2.12. The van der Waals surface area contributed by atoms with Gasteiger partial charge in [-0.05, 0) is 76.2 Å². The van der Waals surface area contributed by atoms with Gasteiger partial charge in [0.05, 0.1) is 0 Å². The fourth-order valence-electron chi connectivity index (χ4n) is 3.67. The van der Waals surface area contributed by atoms with Crippen LogP contribution in [0.5, 0.6) is 11.5 Å². The SMILES string of the molecule is CC(=O)c1c(Nc2ccc(Oc3ccc(Nc4oc(C)cc(=O)c4C(C)=O)cc3)cc2)oc(C)cc1=O. The Morgan fingerprint density at radius 2 is 1.00 bits per heavy atom. The summed E-state index contributed by atoms with van der Waals surface area (Å²) in [6, 6.07) is 16.3. The molecule has 0 amide bonds. The van der Waals surface area contributed by atoms with Crippen molar-refractivity contribution in [3.8, 4) is 11.5 Å². The van der Waals surface area contributed by atoms with Crippen LogP contribution in [-0.2, 0) is 0 Å². The summed E-state index contributed by atoms with van der Waals surface area (Å²) in [7, 11) is 0. The zero-order chi connectivity index (χ0) is 26.7. The first-order chi connectivity index (χ1) is 17.6. The summed E-state index contributed by atoms with van der Waals surface area (Å²) in [5, 5.41) is 5.94. The highest BCUT2D eigenvalue weighted by Gasteiger charge is 2.17. The summed E-state index contributed by atoms with van der Waals surface area (Å²) in [5.41, 5.74) is 0.311. The van der Waals surface area contributed by atoms with Crippen molar-refractivity contribution >= 4 is 34.7 Å². The van der Waals surface area contributed by atoms with E-state index in [0.717, 1.165) is 0 Å². The zero-order valence-corrected chi connectivity index (χ0v) is 20.6. The zero-order valence-electron chi connectivity index (χ0n) is 20.6. The number of aryl methyl sites for hydroxylation is 2. The van der Waals surface area contributed by atoms with Crippen LogP contribution in [0.2, 0.25) is 0 Å². The molecule has 2 aromatic carbocycles. The summed E-state index contributed by atoms with van der Waals surface area (Å²) in [5.74, 6) is 1.26. The molecule has 0 atom stereocenters. The number of carbonyl (C=O) groups is 2. The smallest absolute Gasteiger partial charge is 0.212 e. The van der Waals surface area contributed by atoms with E-state index in [9.17, 15) is 19.2 Å². The predicted octanol–water partition coefficient (Wildman–Crippen LogP) is 5.89. The third-order valence-electron chi connectivity index (χ3n) is 5.31. The van der Waals surface area contributed by atoms with E-state index in [-0.39, 0.29) is 22.9 Å². The van der Waals surface area contributed by atoms with Crippen molar-refractivity contribution in [3.05, 3.63) is 104 Å². The van der Waals surface area contributed by atoms with Crippen LogP contribution in [0.15, 0.2) is 79.1 Å². The molecule has 0 aliphatic carbocycles. The van der Waals surface area contributed by atoms with E-state index in [1.807, 2.05) is 0 Å². The van der Waals surface area contributed by atoms with Gasteiger partial charge in [-0.2, -0.15) is 0 Å². The molecule has 0 saturated heterocycles. The summed E-state index contributed by atoms with van der Waals surface area (Å²) in [6.07, 6.45) is 0. The number of ether oxygens (including phenoxy) is 1. The average molecular weight is 501 g/mol. The first kappa shape index (κ1) is 25.2. The van der Waals surface area contributed by atoms with Gasteiger partial charge in [0, 0.05) is 23.5 Å². The monoisotopic (exact) mass is 500 g/mol. The molecule has 9 heteroatoms. The van der Waals surface area contributed by atoms with E-state index >= 15 is 0 Å². The maximum atomic E-state index is 12.2. The molecule has 0 bridgehead atoms. The molecular weight excluding hydrogens is 476 g/mol. The molecule has 2 heterocycles. The number of benzene rings is 2. The Morgan fingerprint density at radius 1 is 0.649 bits per heavy atom. The highest BCUT2D eigenvalue weighted by molar-refractivity contribution is 5.99. The Kier molecular flexibility index (Phi) is 7.06. The van der Waals surface area contributed by atoms with Gasteiger partial charge in [-0.1, -0.05) is 0 Å². The largest absolute Gasteiger partial charge is 0.457 e. The lowest BCUT2D eigenvalue weighted by atomic mass is 10.1. The van der Waals surface area contributed by atoms with Gasteiger partial charge in [0.15, 0.2) is 22.4 Å². The predicted molar refractivity (Wildman–Crippen MR) is 139 cm³/mol. The molecule has 0 unspecified atom stereocenters. The number of hydrogen-bond acceptors (Lipinski definition) is 9. The van der Waals surface area contributed by atoms with Crippen LogP contribution in [-0.4, -0.2) is 11.6 Å². The van der Waals surface area contributed by atoms with Crippen LogP contribution in [0.3, 0.4) is 0 Å². The number of rotatable bonds is 8. The molecule has 0 spiro atoms. The molecule has 4 rings (SSSR count). The van der Waals surface area contributed by atoms with E-state index < -0.39 is 22.4 Å². The minimum absolute atomic E-state index is 0.0417. The second-order valence-corrected chi connectivity index (χ2v) is 8.36. The minimum atomic E-state index is -0.404. The Morgan fingerprint density at radius 3 is 1.32 bits per heavy atom. The van der Waals surface area contributed by atoms with Crippen molar-refractivity contribution in [1.82, 2.24) is 0 Å². The molecule has 4 aromatic rings. The molecule has 9 nitrogen and oxygen atoms in total. The fourth-order valence-corrected chi connectivity index (χ4v) is 3.67. The molecule has 2 aromatic heterocycles. The van der Waals surface area contributed by atoms with Crippen molar-refractivity contribution in [2.24, 2.45) is 0 Å². The highest BCUT2D eigenvalue weighted by atomic mass is 16.5. The van der Waals surface area contributed by atoms with Gasteiger partial charge in [0.2, 0.25) is 11.8 Å². The van der Waals surface area contributed by atoms with Gasteiger partial charge >= 0.3 is 0 Å². The normalized spacial score (nSPS) is 10.6. The third-order valence-corrected chi connectivity index (χ3v) is 5.31. The summed E-state index contributed by atoms with van der Waals surface area (Å²) in [4.78, 5) is 48.1. The maximum Gasteiger partial charge on any atom is 0.212 e. The van der Waals surface area contributed by atoms with E-state index in [0.29, 0.717) is 34.4 Å². The topological polar surface area (TPSA) is 128 Å². The Hall–Kier alpha value is -4.92. The molecule has 2 N–H and O–H groups in total. The number of anilines is 4. The van der Waals surface area contributed by atoms with Crippen LogP contribution in [0, 0.1) is 13.8 Å². The molecule has 188 valence electrons. The number of hydrogen-bond donors (Lipinski definition) is 2. The summed E-state index contributed by atoms with van der Waals surface area (Å²) >= 11 is 0. The highest BCUT2D eigenvalue weighted by Crippen LogP contribution is 2.28. The first-order valence-corrected chi connectivity index (χ1v) is 11.3. The molecule has 0 fully saturated rings. The van der Waals surface area contributed by atoms with E-state index in [4.69, 9.17) is 13.6 Å². The Balaban J connectivity index is 1.47. The van der Waals surface area contributed by atoms with Crippen molar-refractivity contribution in [2.75, 3.05) is 10.6 Å². The van der Waals surface area contributed by atoms with Crippen LogP contribution < -0.4 is 26.2 Å². The maximum absolute atomic E-state index is 12.2. The van der Waals surface area contributed by atoms with Crippen LogP contribution in [0.1, 0.15) is 46.1 Å². The molecule has 37 heavy (non-hydrogen) atoms. The third kappa shape index (κ3) is 5.84. The molecule has 0 aliphatic rings. The Bertz CT molecular complexity index is 1480.